The first-order valence-corrected chi connectivity index (χ1v) is 6.61. The van der Waals surface area contributed by atoms with Gasteiger partial charge in [0.05, 0.1) is 0 Å². The molecule has 1 aromatic rings. The number of nitrogens with one attached hydrogen (secondary N) is 1. The average Bonchev–Trinajstić information content (AvgIpc) is 2.28. The molecule has 0 radical (unpaired) electrons. The van der Waals surface area contributed by atoms with Crippen molar-refractivity contribution in [1.29, 1.82) is 0 Å². The van der Waals surface area contributed by atoms with Crippen molar-refractivity contribution in [2.24, 2.45) is 5.92 Å². The molecule has 1 saturated carbocycles. The standard InChI is InChI=1S/C14H20ClN/c1-11-5-2-3-8-14(11)16-10-12-6-4-7-13(15)9-12/h4,6-7,9,11,14,16H,2-3,5,8,10H2,1H3. The number of rotatable bonds is 3. The largest absolute Gasteiger partial charge is 0.310 e. The fourth-order valence-electron chi connectivity index (χ4n) is 2.52. The molecule has 1 aliphatic rings. The van der Waals surface area contributed by atoms with E-state index in [1.165, 1.54) is 31.2 Å². The van der Waals surface area contributed by atoms with Crippen molar-refractivity contribution in [1.82, 2.24) is 5.32 Å². The van der Waals surface area contributed by atoms with E-state index in [9.17, 15) is 0 Å². The third kappa shape index (κ3) is 3.23. The van der Waals surface area contributed by atoms with Crippen LogP contribution in [0.25, 0.3) is 0 Å². The summed E-state index contributed by atoms with van der Waals surface area (Å²) in [5.41, 5.74) is 1.28. The molecule has 0 aliphatic heterocycles. The van der Waals surface area contributed by atoms with Crippen molar-refractivity contribution in [2.75, 3.05) is 0 Å². The third-order valence-corrected chi connectivity index (χ3v) is 3.80. The second-order valence-corrected chi connectivity index (χ2v) is 5.32. The molecule has 1 aliphatic carbocycles. The predicted molar refractivity (Wildman–Crippen MR) is 69.7 cm³/mol. The zero-order valence-electron chi connectivity index (χ0n) is 9.88. The molecule has 1 nitrogen and oxygen atoms in total. The minimum Gasteiger partial charge on any atom is -0.310 e. The average molecular weight is 238 g/mol. The summed E-state index contributed by atoms with van der Waals surface area (Å²) in [5.74, 6) is 0.813. The Morgan fingerprint density at radius 2 is 2.12 bits per heavy atom. The third-order valence-electron chi connectivity index (χ3n) is 3.57. The van der Waals surface area contributed by atoms with Gasteiger partial charge in [0.1, 0.15) is 0 Å². The summed E-state index contributed by atoms with van der Waals surface area (Å²) < 4.78 is 0. The van der Waals surface area contributed by atoms with Crippen LogP contribution in [0.2, 0.25) is 5.02 Å². The first kappa shape index (κ1) is 11.9. The topological polar surface area (TPSA) is 12.0 Å². The molecular formula is C14H20ClN. The van der Waals surface area contributed by atoms with Crippen LogP contribution in [0.4, 0.5) is 0 Å². The minimum absolute atomic E-state index is 0.688. The maximum atomic E-state index is 5.97. The fourth-order valence-corrected chi connectivity index (χ4v) is 2.73. The quantitative estimate of drug-likeness (QED) is 0.838. The SMILES string of the molecule is CC1CCCCC1NCc1cccc(Cl)c1. The Hall–Kier alpha value is -0.530. The van der Waals surface area contributed by atoms with Gasteiger partial charge in [-0.05, 0) is 36.5 Å². The van der Waals surface area contributed by atoms with Gasteiger partial charge in [-0.3, -0.25) is 0 Å². The Kier molecular flexibility index (Phi) is 4.25. The van der Waals surface area contributed by atoms with Crippen LogP contribution in [0, 0.1) is 5.92 Å². The van der Waals surface area contributed by atoms with E-state index in [1.54, 1.807) is 0 Å². The van der Waals surface area contributed by atoms with Crippen LogP contribution in [0.15, 0.2) is 24.3 Å². The van der Waals surface area contributed by atoms with Crippen molar-refractivity contribution in [3.8, 4) is 0 Å². The molecular weight excluding hydrogens is 218 g/mol. The monoisotopic (exact) mass is 237 g/mol. The molecule has 1 fully saturated rings. The molecule has 1 N–H and O–H groups in total. The van der Waals surface area contributed by atoms with E-state index in [-0.39, 0.29) is 0 Å². The first-order valence-electron chi connectivity index (χ1n) is 6.23. The smallest absolute Gasteiger partial charge is 0.0409 e. The molecule has 0 amide bonds. The Morgan fingerprint density at radius 3 is 2.88 bits per heavy atom. The molecule has 0 saturated heterocycles. The van der Waals surface area contributed by atoms with E-state index in [0.717, 1.165) is 17.5 Å². The van der Waals surface area contributed by atoms with Gasteiger partial charge >= 0.3 is 0 Å². The van der Waals surface area contributed by atoms with Gasteiger partial charge in [-0.25, -0.2) is 0 Å². The lowest BCUT2D eigenvalue weighted by Gasteiger charge is -2.29. The van der Waals surface area contributed by atoms with E-state index in [1.807, 2.05) is 18.2 Å². The van der Waals surface area contributed by atoms with E-state index in [0.29, 0.717) is 6.04 Å². The number of benzene rings is 1. The van der Waals surface area contributed by atoms with Gasteiger partial charge < -0.3 is 5.32 Å². The van der Waals surface area contributed by atoms with Crippen LogP contribution in [-0.2, 0) is 6.54 Å². The summed E-state index contributed by atoms with van der Waals surface area (Å²) in [6, 6.07) is 8.81. The first-order chi connectivity index (χ1) is 7.75. The van der Waals surface area contributed by atoms with Crippen LogP contribution in [0.3, 0.4) is 0 Å². The predicted octanol–water partition coefficient (Wildman–Crippen LogP) is 4.01. The maximum absolute atomic E-state index is 5.97. The molecule has 16 heavy (non-hydrogen) atoms. The summed E-state index contributed by atoms with van der Waals surface area (Å²) in [6.45, 7) is 3.30. The molecule has 2 heteroatoms. The lowest BCUT2D eigenvalue weighted by atomic mass is 9.86. The molecule has 0 bridgehead atoms. The van der Waals surface area contributed by atoms with Gasteiger partial charge in [0.25, 0.3) is 0 Å². The zero-order valence-corrected chi connectivity index (χ0v) is 10.6. The summed E-state index contributed by atoms with van der Waals surface area (Å²) in [7, 11) is 0. The Bertz CT molecular complexity index is 337. The lowest BCUT2D eigenvalue weighted by Crippen LogP contribution is -2.36. The van der Waals surface area contributed by atoms with Gasteiger partial charge in [-0.1, -0.05) is 43.5 Å². The van der Waals surface area contributed by atoms with Crippen LogP contribution < -0.4 is 5.32 Å². The van der Waals surface area contributed by atoms with Gasteiger partial charge in [0, 0.05) is 17.6 Å². The van der Waals surface area contributed by atoms with Gasteiger partial charge in [-0.15, -0.1) is 0 Å². The Balaban J connectivity index is 1.86. The van der Waals surface area contributed by atoms with E-state index >= 15 is 0 Å². The van der Waals surface area contributed by atoms with Crippen LogP contribution in [0.5, 0.6) is 0 Å². The molecule has 88 valence electrons. The Morgan fingerprint density at radius 1 is 1.31 bits per heavy atom. The number of hydrogen-bond donors (Lipinski definition) is 1. The molecule has 1 aromatic carbocycles. The summed E-state index contributed by atoms with van der Waals surface area (Å²) >= 11 is 5.97. The molecule has 2 rings (SSSR count). The van der Waals surface area contributed by atoms with Crippen molar-refractivity contribution >= 4 is 11.6 Å². The van der Waals surface area contributed by atoms with Gasteiger partial charge in [0.15, 0.2) is 0 Å². The zero-order chi connectivity index (χ0) is 11.4. The highest BCUT2D eigenvalue weighted by Crippen LogP contribution is 2.24. The summed E-state index contributed by atoms with van der Waals surface area (Å²) in [5, 5.41) is 4.49. The number of hydrogen-bond acceptors (Lipinski definition) is 1. The van der Waals surface area contributed by atoms with Gasteiger partial charge in [0.2, 0.25) is 0 Å². The normalized spacial score (nSPS) is 25.6. The second kappa shape index (κ2) is 5.70. The van der Waals surface area contributed by atoms with Crippen molar-refractivity contribution in [3.63, 3.8) is 0 Å². The molecule has 0 aromatic heterocycles. The van der Waals surface area contributed by atoms with Crippen LogP contribution in [0.1, 0.15) is 38.2 Å². The fraction of sp³-hybridized carbons (Fsp3) is 0.571. The minimum atomic E-state index is 0.688. The molecule has 2 unspecified atom stereocenters. The summed E-state index contributed by atoms with van der Waals surface area (Å²) in [4.78, 5) is 0. The van der Waals surface area contributed by atoms with Crippen LogP contribution >= 0.6 is 11.6 Å². The molecule has 0 heterocycles. The molecule has 2 atom stereocenters. The molecule has 0 spiro atoms. The van der Waals surface area contributed by atoms with E-state index in [4.69, 9.17) is 11.6 Å². The van der Waals surface area contributed by atoms with Crippen molar-refractivity contribution in [3.05, 3.63) is 34.9 Å². The highest BCUT2D eigenvalue weighted by atomic mass is 35.5. The van der Waals surface area contributed by atoms with Crippen molar-refractivity contribution < 1.29 is 0 Å². The maximum Gasteiger partial charge on any atom is 0.0409 e. The van der Waals surface area contributed by atoms with E-state index in [2.05, 4.69) is 18.3 Å². The van der Waals surface area contributed by atoms with Gasteiger partial charge in [-0.2, -0.15) is 0 Å². The highest BCUT2D eigenvalue weighted by Gasteiger charge is 2.20. The summed E-state index contributed by atoms with van der Waals surface area (Å²) in [6.07, 6.45) is 5.46. The lowest BCUT2D eigenvalue weighted by molar-refractivity contribution is 0.279. The second-order valence-electron chi connectivity index (χ2n) is 4.88. The highest BCUT2D eigenvalue weighted by molar-refractivity contribution is 6.30. The van der Waals surface area contributed by atoms with Crippen LogP contribution in [-0.4, -0.2) is 6.04 Å². The Labute approximate surface area is 103 Å². The van der Waals surface area contributed by atoms with E-state index < -0.39 is 0 Å². The number of halogens is 1. The van der Waals surface area contributed by atoms with Crippen molar-refractivity contribution in [2.45, 2.75) is 45.2 Å².